The summed E-state index contributed by atoms with van der Waals surface area (Å²) in [4.78, 5) is 7.27. The number of hydrogen-bond acceptors (Lipinski definition) is 4. The van der Waals surface area contributed by atoms with Gasteiger partial charge in [0.25, 0.3) is 0 Å². The Morgan fingerprint density at radius 3 is 2.92 bits per heavy atom. The zero-order chi connectivity index (χ0) is 18.0. The van der Waals surface area contributed by atoms with Gasteiger partial charge in [-0.1, -0.05) is 6.08 Å². The first kappa shape index (κ1) is 19.0. The summed E-state index contributed by atoms with van der Waals surface area (Å²) in [5.74, 6) is 2.58. The molecule has 1 unspecified atom stereocenters. The molecule has 0 spiro atoms. The summed E-state index contributed by atoms with van der Waals surface area (Å²) in [5.41, 5.74) is 0. The van der Waals surface area contributed by atoms with E-state index in [0.29, 0.717) is 19.1 Å². The normalized spacial score (nSPS) is 22.5. The number of furan rings is 1. The van der Waals surface area contributed by atoms with E-state index in [4.69, 9.17) is 9.15 Å². The van der Waals surface area contributed by atoms with Gasteiger partial charge in [-0.2, -0.15) is 0 Å². The lowest BCUT2D eigenvalue weighted by Gasteiger charge is -2.34. The summed E-state index contributed by atoms with van der Waals surface area (Å²) in [7, 11) is 0. The molecule has 1 aromatic heterocycles. The Hall–Kier alpha value is -1.79. The van der Waals surface area contributed by atoms with E-state index in [2.05, 4.69) is 27.1 Å². The minimum Gasteiger partial charge on any atom is -0.469 e. The van der Waals surface area contributed by atoms with Crippen LogP contribution < -0.4 is 10.6 Å². The van der Waals surface area contributed by atoms with Crippen molar-refractivity contribution in [3.05, 3.63) is 36.8 Å². The van der Waals surface area contributed by atoms with E-state index in [-0.39, 0.29) is 0 Å². The highest BCUT2D eigenvalue weighted by molar-refractivity contribution is 5.80. The Morgan fingerprint density at radius 2 is 2.23 bits per heavy atom. The summed E-state index contributed by atoms with van der Waals surface area (Å²) < 4.78 is 10.9. The first-order valence-corrected chi connectivity index (χ1v) is 9.81. The third-order valence-electron chi connectivity index (χ3n) is 5.09. The average Bonchev–Trinajstić information content (AvgIpc) is 3.35. The molecule has 2 fully saturated rings. The van der Waals surface area contributed by atoms with Crippen molar-refractivity contribution < 1.29 is 9.15 Å². The lowest BCUT2D eigenvalue weighted by Crippen LogP contribution is -2.49. The summed E-state index contributed by atoms with van der Waals surface area (Å²) >= 11 is 0. The molecule has 1 aromatic rings. The van der Waals surface area contributed by atoms with E-state index in [9.17, 15) is 0 Å². The van der Waals surface area contributed by atoms with Crippen molar-refractivity contribution in [1.29, 1.82) is 0 Å². The van der Waals surface area contributed by atoms with Crippen LogP contribution in [0, 0.1) is 5.92 Å². The zero-order valence-corrected chi connectivity index (χ0v) is 15.7. The second-order valence-corrected chi connectivity index (χ2v) is 7.18. The van der Waals surface area contributed by atoms with E-state index < -0.39 is 0 Å². The quantitative estimate of drug-likeness (QED) is 0.422. The van der Waals surface area contributed by atoms with E-state index >= 15 is 0 Å². The molecule has 6 nitrogen and oxygen atoms in total. The fourth-order valence-electron chi connectivity index (χ4n) is 3.60. The van der Waals surface area contributed by atoms with Crippen LogP contribution in [0.15, 0.2) is 40.5 Å². The lowest BCUT2D eigenvalue weighted by molar-refractivity contribution is 0.150. The maximum atomic E-state index is 5.50. The van der Waals surface area contributed by atoms with Crippen molar-refractivity contribution >= 4 is 5.96 Å². The van der Waals surface area contributed by atoms with Crippen LogP contribution in [0.5, 0.6) is 0 Å². The smallest absolute Gasteiger partial charge is 0.191 e. The highest BCUT2D eigenvalue weighted by Gasteiger charge is 2.24. The number of nitrogens with zero attached hydrogens (tertiary/aromatic N) is 2. The average molecular weight is 361 g/mol. The predicted octanol–water partition coefficient (Wildman–Crippen LogP) is 2.04. The molecule has 1 atom stereocenters. The second kappa shape index (κ2) is 10.4. The van der Waals surface area contributed by atoms with Crippen molar-refractivity contribution in [3.8, 4) is 0 Å². The largest absolute Gasteiger partial charge is 0.469 e. The Kier molecular flexibility index (Phi) is 7.58. The molecule has 0 radical (unpaired) electrons. The number of hydrogen-bond donors (Lipinski definition) is 2. The molecule has 3 heterocycles. The fraction of sp³-hybridized carbons (Fsp3) is 0.650. The maximum absolute atomic E-state index is 5.50. The third-order valence-corrected chi connectivity index (χ3v) is 5.09. The summed E-state index contributed by atoms with van der Waals surface area (Å²) in [6, 6.07) is 4.38. The molecule has 0 bridgehead atoms. The zero-order valence-electron chi connectivity index (χ0n) is 15.7. The molecule has 2 saturated heterocycles. The Bertz CT molecular complexity index is 544. The second-order valence-electron chi connectivity index (χ2n) is 7.18. The first-order valence-electron chi connectivity index (χ1n) is 9.81. The molecule has 0 saturated carbocycles. The van der Waals surface area contributed by atoms with Gasteiger partial charge in [-0.05, 0) is 37.3 Å². The summed E-state index contributed by atoms with van der Waals surface area (Å²) in [6.07, 6.45) is 7.91. The van der Waals surface area contributed by atoms with Crippen LogP contribution in [-0.4, -0.2) is 62.8 Å². The van der Waals surface area contributed by atoms with Gasteiger partial charge in [0, 0.05) is 51.8 Å². The van der Waals surface area contributed by atoms with Crippen LogP contribution >= 0.6 is 0 Å². The van der Waals surface area contributed by atoms with Gasteiger partial charge >= 0.3 is 0 Å². The van der Waals surface area contributed by atoms with Crippen LogP contribution in [0.1, 0.15) is 25.0 Å². The number of nitrogens with one attached hydrogen (secondary N) is 2. The van der Waals surface area contributed by atoms with Gasteiger partial charge in [0.1, 0.15) is 5.76 Å². The SMILES string of the molecule is C=CCNC(=NCCc1ccco1)NC1CCN(CC2CCOC2)CC1. The predicted molar refractivity (Wildman–Crippen MR) is 104 cm³/mol. The van der Waals surface area contributed by atoms with Crippen LogP contribution in [0.3, 0.4) is 0 Å². The summed E-state index contributed by atoms with van der Waals surface area (Å²) in [6.45, 7) is 10.6. The molecule has 3 rings (SSSR count). The first-order chi connectivity index (χ1) is 12.8. The number of rotatable bonds is 8. The molecular formula is C20H32N4O2. The molecule has 2 N–H and O–H groups in total. The minimum atomic E-state index is 0.478. The number of piperidine rings is 1. The molecule has 6 heteroatoms. The molecule has 26 heavy (non-hydrogen) atoms. The van der Waals surface area contributed by atoms with Crippen LogP contribution in [0.2, 0.25) is 0 Å². The topological polar surface area (TPSA) is 62.0 Å². The minimum absolute atomic E-state index is 0.478. The van der Waals surface area contributed by atoms with Crippen LogP contribution in [0.4, 0.5) is 0 Å². The molecule has 0 amide bonds. The standard InChI is InChI=1S/C20H32N4O2/c1-2-9-21-20(22-10-5-19-4-3-13-26-19)23-18-6-11-24(12-7-18)15-17-8-14-25-16-17/h2-4,13,17-18H,1,5-12,14-16H2,(H2,21,22,23). The molecule has 0 aliphatic carbocycles. The van der Waals surface area contributed by atoms with Crippen molar-refractivity contribution in [1.82, 2.24) is 15.5 Å². The van der Waals surface area contributed by atoms with Crippen LogP contribution in [-0.2, 0) is 11.2 Å². The Morgan fingerprint density at radius 1 is 1.35 bits per heavy atom. The summed E-state index contributed by atoms with van der Waals surface area (Å²) in [5, 5.41) is 6.92. The van der Waals surface area contributed by atoms with Gasteiger partial charge in [0.05, 0.1) is 12.9 Å². The molecule has 2 aliphatic heterocycles. The molecule has 144 valence electrons. The van der Waals surface area contributed by atoms with Gasteiger partial charge in [0.2, 0.25) is 0 Å². The van der Waals surface area contributed by atoms with Gasteiger partial charge in [0.15, 0.2) is 5.96 Å². The van der Waals surface area contributed by atoms with E-state index in [1.165, 1.54) is 13.0 Å². The monoisotopic (exact) mass is 360 g/mol. The maximum Gasteiger partial charge on any atom is 0.191 e. The highest BCUT2D eigenvalue weighted by atomic mass is 16.5. The van der Waals surface area contributed by atoms with E-state index in [1.54, 1.807) is 6.26 Å². The van der Waals surface area contributed by atoms with Crippen LogP contribution in [0.25, 0.3) is 0 Å². The van der Waals surface area contributed by atoms with E-state index in [1.807, 2.05) is 18.2 Å². The lowest BCUT2D eigenvalue weighted by atomic mass is 10.0. The van der Waals surface area contributed by atoms with E-state index in [0.717, 1.165) is 63.2 Å². The Balaban J connectivity index is 1.42. The third kappa shape index (κ3) is 6.18. The van der Waals surface area contributed by atoms with Gasteiger partial charge in [-0.3, -0.25) is 4.99 Å². The number of guanidine groups is 1. The van der Waals surface area contributed by atoms with Crippen molar-refractivity contribution in [2.24, 2.45) is 10.9 Å². The van der Waals surface area contributed by atoms with Gasteiger partial charge in [-0.15, -0.1) is 6.58 Å². The molecule has 2 aliphatic rings. The molecular weight excluding hydrogens is 328 g/mol. The number of ether oxygens (including phenoxy) is 1. The fourth-order valence-corrected chi connectivity index (χ4v) is 3.60. The van der Waals surface area contributed by atoms with Crippen molar-refractivity contribution in [2.45, 2.75) is 31.7 Å². The number of aliphatic imine (C=N–C) groups is 1. The van der Waals surface area contributed by atoms with Gasteiger partial charge < -0.3 is 24.7 Å². The van der Waals surface area contributed by atoms with Gasteiger partial charge in [-0.25, -0.2) is 0 Å². The van der Waals surface area contributed by atoms with Crippen molar-refractivity contribution in [3.63, 3.8) is 0 Å². The highest BCUT2D eigenvalue weighted by Crippen LogP contribution is 2.17. The molecule has 0 aromatic carbocycles. The van der Waals surface area contributed by atoms with Crippen molar-refractivity contribution in [2.75, 3.05) is 45.9 Å². The number of likely N-dealkylation sites (tertiary alicyclic amines) is 1. The Labute approximate surface area is 156 Å².